The summed E-state index contributed by atoms with van der Waals surface area (Å²) in [4.78, 5) is 42.4. The Bertz CT molecular complexity index is 1570. The van der Waals surface area contributed by atoms with E-state index in [1.807, 2.05) is 0 Å². The van der Waals surface area contributed by atoms with Gasteiger partial charge >= 0.3 is 5.97 Å². The number of carbonyl (C=O) groups excluding carboxylic acids is 1. The Balaban J connectivity index is 1.95. The van der Waals surface area contributed by atoms with Crippen molar-refractivity contribution >= 4 is 29.1 Å². The van der Waals surface area contributed by atoms with Gasteiger partial charge in [0.1, 0.15) is 0 Å². The number of nitro benzene ring substituents is 1. The maximum atomic E-state index is 13.6. The molecule has 2 heterocycles. The largest absolute Gasteiger partial charge is 0.493 e. The van der Waals surface area contributed by atoms with E-state index in [-0.39, 0.29) is 23.4 Å². The van der Waals surface area contributed by atoms with Crippen LogP contribution in [-0.4, -0.2) is 36.3 Å². The van der Waals surface area contributed by atoms with E-state index in [9.17, 15) is 19.7 Å². The van der Waals surface area contributed by atoms with Gasteiger partial charge in [0.2, 0.25) is 0 Å². The number of esters is 1. The molecule has 10 nitrogen and oxygen atoms in total. The number of aromatic nitrogens is 1. The smallest absolute Gasteiger partial charge is 0.338 e. The number of carbonyl (C=O) groups is 1. The Hall–Kier alpha value is -4.25. The van der Waals surface area contributed by atoms with Crippen LogP contribution in [0.4, 0.5) is 5.69 Å². The first-order chi connectivity index (χ1) is 17.3. The number of non-ortho nitro benzene ring substituents is 1. The Kier molecular flexibility index (Phi) is 7.02. The second-order valence-corrected chi connectivity index (χ2v) is 8.78. The molecule has 11 heteroatoms. The number of thiazole rings is 1. The van der Waals surface area contributed by atoms with E-state index in [2.05, 4.69) is 4.99 Å². The SMILES string of the molecule is CCOC(=O)C1=C(C)N=c2sc(=Cc3ccc(OC)c(OC)c3)c(=O)n2[C@@H]1c1cccc([N+](=O)[O-])c1. The first-order valence-electron chi connectivity index (χ1n) is 10.9. The Labute approximate surface area is 209 Å². The van der Waals surface area contributed by atoms with Gasteiger partial charge < -0.3 is 14.2 Å². The second kappa shape index (κ2) is 10.2. The highest BCUT2D eigenvalue weighted by Gasteiger charge is 2.34. The summed E-state index contributed by atoms with van der Waals surface area (Å²) in [5.74, 6) is 0.426. The number of hydrogen-bond acceptors (Lipinski definition) is 9. The topological polar surface area (TPSA) is 122 Å². The van der Waals surface area contributed by atoms with Gasteiger partial charge in [-0.15, -0.1) is 0 Å². The highest BCUT2D eigenvalue weighted by Crippen LogP contribution is 2.32. The minimum Gasteiger partial charge on any atom is -0.493 e. The average molecular weight is 510 g/mol. The van der Waals surface area contributed by atoms with Gasteiger partial charge in [-0.2, -0.15) is 0 Å². The molecule has 0 spiro atoms. The third-order valence-electron chi connectivity index (χ3n) is 5.62. The fourth-order valence-electron chi connectivity index (χ4n) is 4.01. The van der Waals surface area contributed by atoms with Gasteiger partial charge in [0.15, 0.2) is 16.3 Å². The molecule has 3 aromatic rings. The maximum Gasteiger partial charge on any atom is 0.338 e. The summed E-state index contributed by atoms with van der Waals surface area (Å²) in [5, 5.41) is 11.4. The number of allylic oxidation sites excluding steroid dienone is 1. The highest BCUT2D eigenvalue weighted by molar-refractivity contribution is 7.07. The van der Waals surface area contributed by atoms with Crippen LogP contribution in [0, 0.1) is 10.1 Å². The molecule has 0 saturated carbocycles. The summed E-state index contributed by atoms with van der Waals surface area (Å²) in [5.41, 5.74) is 1.09. The van der Waals surface area contributed by atoms with Crippen LogP contribution in [0.3, 0.4) is 0 Å². The summed E-state index contributed by atoms with van der Waals surface area (Å²) in [6.45, 7) is 3.46. The minimum absolute atomic E-state index is 0.126. The molecule has 0 bridgehead atoms. The van der Waals surface area contributed by atoms with Crippen LogP contribution in [0.15, 0.2) is 63.5 Å². The zero-order valence-corrected chi connectivity index (χ0v) is 20.8. The maximum absolute atomic E-state index is 13.6. The van der Waals surface area contributed by atoms with Crippen LogP contribution in [0.5, 0.6) is 11.5 Å². The van der Waals surface area contributed by atoms with Crippen LogP contribution >= 0.6 is 11.3 Å². The van der Waals surface area contributed by atoms with E-state index >= 15 is 0 Å². The lowest BCUT2D eigenvalue weighted by Gasteiger charge is -2.24. The number of rotatable bonds is 7. The lowest BCUT2D eigenvalue weighted by Crippen LogP contribution is -2.40. The summed E-state index contributed by atoms with van der Waals surface area (Å²) in [6, 6.07) is 10.2. The van der Waals surface area contributed by atoms with Crippen molar-refractivity contribution in [3.05, 3.63) is 94.7 Å². The van der Waals surface area contributed by atoms with Gasteiger partial charge in [-0.3, -0.25) is 19.5 Å². The molecule has 0 unspecified atom stereocenters. The molecule has 0 saturated heterocycles. The van der Waals surface area contributed by atoms with E-state index in [0.29, 0.717) is 37.7 Å². The predicted octanol–water partition coefficient (Wildman–Crippen LogP) is 2.72. The van der Waals surface area contributed by atoms with Crippen LogP contribution in [0.1, 0.15) is 31.0 Å². The Morgan fingerprint density at radius 3 is 2.61 bits per heavy atom. The quantitative estimate of drug-likeness (QED) is 0.273. The van der Waals surface area contributed by atoms with Crippen molar-refractivity contribution in [3.63, 3.8) is 0 Å². The third-order valence-corrected chi connectivity index (χ3v) is 6.60. The number of nitrogens with zero attached hydrogens (tertiary/aromatic N) is 3. The first-order valence-corrected chi connectivity index (χ1v) is 11.8. The van der Waals surface area contributed by atoms with Crippen molar-refractivity contribution in [2.24, 2.45) is 4.99 Å². The van der Waals surface area contributed by atoms with E-state index in [1.165, 1.54) is 37.0 Å². The van der Waals surface area contributed by atoms with Crippen LogP contribution < -0.4 is 24.4 Å². The van der Waals surface area contributed by atoms with Crippen LogP contribution in [0.25, 0.3) is 6.08 Å². The van der Waals surface area contributed by atoms with Gasteiger partial charge in [0.25, 0.3) is 11.2 Å². The number of hydrogen-bond donors (Lipinski definition) is 0. The van der Waals surface area contributed by atoms with Crippen molar-refractivity contribution in [2.75, 3.05) is 20.8 Å². The fourth-order valence-corrected chi connectivity index (χ4v) is 5.06. The monoisotopic (exact) mass is 509 g/mol. The Morgan fingerprint density at radius 2 is 1.94 bits per heavy atom. The molecule has 0 fully saturated rings. The van der Waals surface area contributed by atoms with E-state index in [0.717, 1.165) is 11.3 Å². The molecular formula is C25H23N3O7S. The molecule has 0 amide bonds. The van der Waals surface area contributed by atoms with Crippen molar-refractivity contribution in [3.8, 4) is 11.5 Å². The normalized spacial score (nSPS) is 15.2. The average Bonchev–Trinajstić information content (AvgIpc) is 3.17. The van der Waals surface area contributed by atoms with Gasteiger partial charge in [0, 0.05) is 12.1 Å². The molecule has 0 radical (unpaired) electrons. The van der Waals surface area contributed by atoms with Crippen molar-refractivity contribution in [1.29, 1.82) is 0 Å². The van der Waals surface area contributed by atoms with Crippen LogP contribution in [-0.2, 0) is 9.53 Å². The third kappa shape index (κ3) is 4.52. The predicted molar refractivity (Wildman–Crippen MR) is 133 cm³/mol. The second-order valence-electron chi connectivity index (χ2n) is 7.77. The van der Waals surface area contributed by atoms with Gasteiger partial charge in [-0.25, -0.2) is 9.79 Å². The standard InChI is InChI=1S/C25H23N3O7S/c1-5-35-24(30)21-14(2)26-25-27(22(21)16-7-6-8-17(13-16)28(31)32)23(29)20(36-25)12-15-9-10-18(33-3)19(11-15)34-4/h6-13,22H,5H2,1-4H3/t22-/m1/s1. The number of fused-ring (bicyclic) bond motifs is 1. The molecule has 186 valence electrons. The highest BCUT2D eigenvalue weighted by atomic mass is 32.1. The van der Waals surface area contributed by atoms with E-state index in [1.54, 1.807) is 44.2 Å². The lowest BCUT2D eigenvalue weighted by atomic mass is 9.95. The zero-order valence-electron chi connectivity index (χ0n) is 20.0. The van der Waals surface area contributed by atoms with Crippen molar-refractivity contribution < 1.29 is 23.9 Å². The molecule has 0 N–H and O–H groups in total. The van der Waals surface area contributed by atoms with Gasteiger partial charge in [-0.1, -0.05) is 29.5 Å². The number of methoxy groups -OCH3 is 2. The number of benzene rings is 2. The summed E-state index contributed by atoms with van der Waals surface area (Å²) in [6.07, 6.45) is 1.69. The molecule has 1 aliphatic rings. The van der Waals surface area contributed by atoms with Crippen molar-refractivity contribution in [2.45, 2.75) is 19.9 Å². The van der Waals surface area contributed by atoms with Crippen LogP contribution in [0.2, 0.25) is 0 Å². The molecule has 1 atom stereocenters. The summed E-state index contributed by atoms with van der Waals surface area (Å²) < 4.78 is 17.6. The van der Waals surface area contributed by atoms with E-state index in [4.69, 9.17) is 14.2 Å². The minimum atomic E-state index is -0.937. The van der Waals surface area contributed by atoms with Gasteiger partial charge in [0.05, 0.1) is 47.6 Å². The Morgan fingerprint density at radius 1 is 1.19 bits per heavy atom. The zero-order chi connectivity index (χ0) is 26.0. The summed E-state index contributed by atoms with van der Waals surface area (Å²) >= 11 is 1.16. The van der Waals surface area contributed by atoms with Crippen molar-refractivity contribution in [1.82, 2.24) is 4.57 Å². The lowest BCUT2D eigenvalue weighted by molar-refractivity contribution is -0.384. The number of nitro groups is 1. The molecule has 2 aromatic carbocycles. The van der Waals surface area contributed by atoms with E-state index < -0.39 is 16.9 Å². The summed E-state index contributed by atoms with van der Waals surface area (Å²) in [7, 11) is 3.06. The van der Waals surface area contributed by atoms with Gasteiger partial charge in [-0.05, 0) is 43.2 Å². The fraction of sp³-hybridized carbons (Fsp3) is 0.240. The molecule has 1 aromatic heterocycles. The molecule has 0 aliphatic carbocycles. The molecular weight excluding hydrogens is 486 g/mol. The molecule has 4 rings (SSSR count). The molecule has 1 aliphatic heterocycles. The number of ether oxygens (including phenoxy) is 3. The molecule has 36 heavy (non-hydrogen) atoms. The first kappa shape index (κ1) is 24.9.